The Morgan fingerprint density at radius 3 is 2.95 bits per heavy atom. The van der Waals surface area contributed by atoms with Crippen LogP contribution >= 0.6 is 0 Å². The number of carbonyl (C=O) groups excluding carboxylic acids is 1. The first-order valence-corrected chi connectivity index (χ1v) is 7.14. The Bertz CT molecular complexity index is 659. The number of aromatic nitrogens is 2. The van der Waals surface area contributed by atoms with Gasteiger partial charge in [0.25, 0.3) is 0 Å². The number of nitrogens with zero attached hydrogens (tertiary/aromatic N) is 1. The van der Waals surface area contributed by atoms with Crippen LogP contribution < -0.4 is 10.1 Å². The van der Waals surface area contributed by atoms with Crippen molar-refractivity contribution in [1.29, 1.82) is 0 Å². The molecular weight excluding hydrogens is 266 g/mol. The van der Waals surface area contributed by atoms with Crippen LogP contribution in [0.15, 0.2) is 24.4 Å². The predicted octanol–water partition coefficient (Wildman–Crippen LogP) is 2.79. The van der Waals surface area contributed by atoms with E-state index in [0.717, 1.165) is 28.3 Å². The second kappa shape index (κ2) is 5.60. The number of ether oxygens (including phenoxy) is 1. The molecule has 1 aromatic carbocycles. The molecule has 1 saturated carbocycles. The van der Waals surface area contributed by atoms with Crippen LogP contribution in [-0.4, -0.2) is 23.2 Å². The summed E-state index contributed by atoms with van der Waals surface area (Å²) in [6.45, 7) is 1.98. The predicted molar refractivity (Wildman–Crippen MR) is 80.6 cm³/mol. The summed E-state index contributed by atoms with van der Waals surface area (Å²) in [5, 5.41) is 9.83. The molecule has 1 aromatic heterocycles. The minimum atomic E-state index is -0.0329. The van der Waals surface area contributed by atoms with Crippen molar-refractivity contribution < 1.29 is 9.53 Å². The molecule has 2 aromatic rings. The molecule has 0 aliphatic heterocycles. The van der Waals surface area contributed by atoms with Crippen molar-refractivity contribution >= 4 is 11.7 Å². The molecule has 3 rings (SSSR count). The van der Waals surface area contributed by atoms with Crippen LogP contribution in [0.1, 0.15) is 35.4 Å². The van der Waals surface area contributed by atoms with Crippen LogP contribution in [0.25, 0.3) is 0 Å². The van der Waals surface area contributed by atoms with Gasteiger partial charge in [0.1, 0.15) is 11.6 Å². The number of H-pyrrole nitrogens is 1. The number of carbonyl (C=O) groups is 1. The molecule has 21 heavy (non-hydrogen) atoms. The fraction of sp³-hybridized carbons (Fsp3) is 0.375. The van der Waals surface area contributed by atoms with Gasteiger partial charge in [0, 0.05) is 5.56 Å². The molecule has 0 spiro atoms. The molecule has 0 unspecified atom stereocenters. The third-order valence-electron chi connectivity index (χ3n) is 3.85. The van der Waals surface area contributed by atoms with Crippen molar-refractivity contribution in [3.05, 3.63) is 41.1 Å². The minimum Gasteiger partial charge on any atom is -0.497 e. The highest BCUT2D eigenvalue weighted by atomic mass is 16.5. The Labute approximate surface area is 123 Å². The number of anilines is 1. The van der Waals surface area contributed by atoms with Gasteiger partial charge in [-0.1, -0.05) is 6.07 Å². The average molecular weight is 285 g/mol. The van der Waals surface area contributed by atoms with Crippen molar-refractivity contribution in [2.75, 3.05) is 12.4 Å². The van der Waals surface area contributed by atoms with Gasteiger partial charge in [0.05, 0.1) is 19.7 Å². The third kappa shape index (κ3) is 3.07. The Balaban J connectivity index is 1.67. The Morgan fingerprint density at radius 1 is 1.48 bits per heavy atom. The van der Waals surface area contributed by atoms with Crippen LogP contribution in [0.2, 0.25) is 0 Å². The molecule has 1 aliphatic carbocycles. The van der Waals surface area contributed by atoms with Crippen molar-refractivity contribution in [2.45, 2.75) is 32.1 Å². The smallest absolute Gasteiger partial charge is 0.229 e. The van der Waals surface area contributed by atoms with Gasteiger partial charge in [0.15, 0.2) is 0 Å². The normalized spacial score (nSPS) is 14.0. The zero-order chi connectivity index (χ0) is 14.8. The number of rotatable bonds is 5. The number of methoxy groups -OCH3 is 1. The van der Waals surface area contributed by atoms with Gasteiger partial charge in [0.2, 0.25) is 5.91 Å². The molecule has 5 nitrogen and oxygen atoms in total. The maximum absolute atomic E-state index is 12.2. The Hall–Kier alpha value is -2.30. The van der Waals surface area contributed by atoms with Crippen molar-refractivity contribution in [3.8, 4) is 5.75 Å². The van der Waals surface area contributed by atoms with Gasteiger partial charge in [-0.15, -0.1) is 0 Å². The largest absolute Gasteiger partial charge is 0.497 e. The number of hydrogen-bond donors (Lipinski definition) is 2. The first-order valence-electron chi connectivity index (χ1n) is 7.14. The number of nitrogens with one attached hydrogen (secondary N) is 2. The van der Waals surface area contributed by atoms with E-state index in [1.165, 1.54) is 12.8 Å². The van der Waals surface area contributed by atoms with Gasteiger partial charge in [-0.05, 0) is 48.9 Å². The van der Waals surface area contributed by atoms with Gasteiger partial charge in [-0.2, -0.15) is 5.10 Å². The zero-order valence-electron chi connectivity index (χ0n) is 12.3. The van der Waals surface area contributed by atoms with Crippen molar-refractivity contribution in [1.82, 2.24) is 10.2 Å². The molecule has 0 bridgehead atoms. The molecule has 1 amide bonds. The third-order valence-corrected chi connectivity index (χ3v) is 3.85. The molecule has 0 atom stereocenters. The number of amides is 1. The number of hydrogen-bond acceptors (Lipinski definition) is 3. The summed E-state index contributed by atoms with van der Waals surface area (Å²) >= 11 is 0. The monoisotopic (exact) mass is 285 g/mol. The molecule has 1 aliphatic rings. The van der Waals surface area contributed by atoms with E-state index in [1.807, 2.05) is 31.3 Å². The summed E-state index contributed by atoms with van der Waals surface area (Å²) < 4.78 is 5.18. The SMILES string of the molecule is COc1ccc(CC(=O)Nc2[nH]ncc2C2CC2)c(C)c1. The number of benzene rings is 1. The first kappa shape index (κ1) is 13.7. The van der Waals surface area contributed by atoms with Gasteiger partial charge < -0.3 is 10.1 Å². The standard InChI is InChI=1S/C16H19N3O2/c1-10-7-13(21-2)6-5-12(10)8-15(20)18-16-14(9-17-19-16)11-3-4-11/h5-7,9,11H,3-4,8H2,1-2H3,(H2,17,18,19,20). The lowest BCUT2D eigenvalue weighted by molar-refractivity contribution is -0.115. The number of aromatic amines is 1. The van der Waals surface area contributed by atoms with Crippen LogP contribution in [-0.2, 0) is 11.2 Å². The van der Waals surface area contributed by atoms with Crippen LogP contribution in [0.4, 0.5) is 5.82 Å². The quantitative estimate of drug-likeness (QED) is 0.887. The molecule has 5 heteroatoms. The summed E-state index contributed by atoms with van der Waals surface area (Å²) in [4.78, 5) is 12.2. The molecule has 2 N–H and O–H groups in total. The highest BCUT2D eigenvalue weighted by Crippen LogP contribution is 2.42. The van der Waals surface area contributed by atoms with E-state index in [1.54, 1.807) is 7.11 Å². The van der Waals surface area contributed by atoms with Gasteiger partial charge in [-0.3, -0.25) is 9.89 Å². The summed E-state index contributed by atoms with van der Waals surface area (Å²) in [5.74, 6) is 2.08. The zero-order valence-corrected chi connectivity index (χ0v) is 12.3. The summed E-state index contributed by atoms with van der Waals surface area (Å²) in [7, 11) is 1.64. The summed E-state index contributed by atoms with van der Waals surface area (Å²) in [6.07, 6.45) is 4.52. The van der Waals surface area contributed by atoms with E-state index >= 15 is 0 Å². The average Bonchev–Trinajstić information content (AvgIpc) is 3.21. The van der Waals surface area contributed by atoms with Crippen LogP contribution in [0.5, 0.6) is 5.75 Å². The van der Waals surface area contributed by atoms with E-state index in [4.69, 9.17) is 4.74 Å². The Kier molecular flexibility index (Phi) is 3.64. The lowest BCUT2D eigenvalue weighted by Gasteiger charge is -2.09. The molecule has 1 heterocycles. The highest BCUT2D eigenvalue weighted by molar-refractivity contribution is 5.92. The summed E-state index contributed by atoms with van der Waals surface area (Å²) in [5.41, 5.74) is 3.17. The highest BCUT2D eigenvalue weighted by Gasteiger charge is 2.28. The fourth-order valence-electron chi connectivity index (χ4n) is 2.45. The van der Waals surface area contributed by atoms with Crippen molar-refractivity contribution in [2.24, 2.45) is 0 Å². The molecule has 0 radical (unpaired) electrons. The maximum Gasteiger partial charge on any atom is 0.229 e. The lowest BCUT2D eigenvalue weighted by atomic mass is 10.0. The Morgan fingerprint density at radius 2 is 2.29 bits per heavy atom. The lowest BCUT2D eigenvalue weighted by Crippen LogP contribution is -2.16. The van der Waals surface area contributed by atoms with Crippen LogP contribution in [0.3, 0.4) is 0 Å². The van der Waals surface area contributed by atoms with Gasteiger partial charge in [-0.25, -0.2) is 0 Å². The first-order chi connectivity index (χ1) is 10.2. The second-order valence-electron chi connectivity index (χ2n) is 5.49. The van der Waals surface area contributed by atoms with E-state index in [9.17, 15) is 4.79 Å². The van der Waals surface area contributed by atoms with Crippen molar-refractivity contribution in [3.63, 3.8) is 0 Å². The topological polar surface area (TPSA) is 67.0 Å². The molecule has 0 saturated heterocycles. The van der Waals surface area contributed by atoms with Crippen LogP contribution in [0, 0.1) is 6.92 Å². The van der Waals surface area contributed by atoms with E-state index in [-0.39, 0.29) is 5.91 Å². The molecule has 1 fully saturated rings. The molecule has 110 valence electrons. The van der Waals surface area contributed by atoms with E-state index in [2.05, 4.69) is 15.5 Å². The number of aryl methyl sites for hydroxylation is 1. The summed E-state index contributed by atoms with van der Waals surface area (Å²) in [6, 6.07) is 5.75. The van der Waals surface area contributed by atoms with E-state index < -0.39 is 0 Å². The molecular formula is C16H19N3O2. The minimum absolute atomic E-state index is 0.0329. The second-order valence-corrected chi connectivity index (χ2v) is 5.49. The fourth-order valence-corrected chi connectivity index (χ4v) is 2.45. The van der Waals surface area contributed by atoms with E-state index in [0.29, 0.717) is 12.3 Å². The maximum atomic E-state index is 12.2. The van der Waals surface area contributed by atoms with Gasteiger partial charge >= 0.3 is 0 Å².